The Morgan fingerprint density at radius 2 is 1.93 bits per heavy atom. The van der Waals surface area contributed by atoms with Crippen LogP contribution in [-0.2, 0) is 11.0 Å². The fourth-order valence-electron chi connectivity index (χ4n) is 2.57. The lowest BCUT2D eigenvalue weighted by atomic mass is 10.1. The van der Waals surface area contributed by atoms with Gasteiger partial charge in [0.15, 0.2) is 11.5 Å². The number of nitrogens with one attached hydrogen (secondary N) is 1. The van der Waals surface area contributed by atoms with Gasteiger partial charge in [-0.15, -0.1) is 0 Å². The molecule has 8 nitrogen and oxygen atoms in total. The fraction of sp³-hybridized carbons (Fsp3) is 0.125. The molecule has 0 aliphatic carbocycles. The Morgan fingerprint density at radius 3 is 2.52 bits per heavy atom. The molecule has 3 aromatic rings. The maximum Gasteiger partial charge on any atom is 0.419 e. The van der Waals surface area contributed by atoms with Crippen molar-refractivity contribution in [2.24, 2.45) is 5.73 Å². The standard InChI is InChI=1S/C16H13F3N6O2/c1-7(26)23-15-12(14(21)27)25-6-8(2-3-11(25)24-15)9-4-10(16(17,18)19)13(20)22-5-9/h2-6H,1H3,(H2,20,22)(H2,21,27)(H,23,26). The quantitative estimate of drug-likeness (QED) is 0.643. The second-order valence-corrected chi connectivity index (χ2v) is 5.65. The van der Waals surface area contributed by atoms with E-state index in [1.54, 1.807) is 0 Å². The maximum atomic E-state index is 13.1. The number of imidazole rings is 1. The third kappa shape index (κ3) is 3.38. The molecule has 0 aliphatic heterocycles. The molecule has 0 radical (unpaired) electrons. The van der Waals surface area contributed by atoms with Gasteiger partial charge in [0.25, 0.3) is 5.91 Å². The Morgan fingerprint density at radius 1 is 1.22 bits per heavy atom. The van der Waals surface area contributed by atoms with Gasteiger partial charge in [0.2, 0.25) is 5.91 Å². The number of pyridine rings is 2. The molecule has 3 rings (SSSR count). The minimum Gasteiger partial charge on any atom is -0.383 e. The number of alkyl halides is 3. The highest BCUT2D eigenvalue weighted by molar-refractivity contribution is 6.01. The lowest BCUT2D eigenvalue weighted by Gasteiger charge is -2.11. The van der Waals surface area contributed by atoms with Crippen LogP contribution in [-0.4, -0.2) is 26.2 Å². The van der Waals surface area contributed by atoms with Gasteiger partial charge in [-0.05, 0) is 18.2 Å². The lowest BCUT2D eigenvalue weighted by Crippen LogP contribution is -2.18. The Bertz CT molecular complexity index is 1070. The van der Waals surface area contributed by atoms with E-state index in [1.165, 1.54) is 35.9 Å². The van der Waals surface area contributed by atoms with Crippen molar-refractivity contribution in [2.75, 3.05) is 11.1 Å². The van der Waals surface area contributed by atoms with Crippen LogP contribution in [0.1, 0.15) is 23.0 Å². The smallest absolute Gasteiger partial charge is 0.383 e. The van der Waals surface area contributed by atoms with E-state index < -0.39 is 29.4 Å². The van der Waals surface area contributed by atoms with Crippen LogP contribution in [0.3, 0.4) is 0 Å². The molecule has 140 valence electrons. The number of anilines is 2. The number of halogens is 3. The summed E-state index contributed by atoms with van der Waals surface area (Å²) >= 11 is 0. The zero-order chi connectivity index (χ0) is 19.9. The second-order valence-electron chi connectivity index (χ2n) is 5.65. The number of rotatable bonds is 3. The molecule has 3 heterocycles. The summed E-state index contributed by atoms with van der Waals surface area (Å²) in [6.45, 7) is 1.24. The fourth-order valence-corrected chi connectivity index (χ4v) is 2.57. The summed E-state index contributed by atoms with van der Waals surface area (Å²) in [4.78, 5) is 30.7. The number of primary amides is 1. The van der Waals surface area contributed by atoms with Crippen LogP contribution in [0.2, 0.25) is 0 Å². The van der Waals surface area contributed by atoms with Crippen LogP contribution in [0.5, 0.6) is 0 Å². The van der Waals surface area contributed by atoms with Gasteiger partial charge in [0, 0.05) is 30.4 Å². The van der Waals surface area contributed by atoms with E-state index in [-0.39, 0.29) is 22.7 Å². The minimum absolute atomic E-state index is 0.0430. The van der Waals surface area contributed by atoms with E-state index >= 15 is 0 Å². The summed E-state index contributed by atoms with van der Waals surface area (Å²) in [6, 6.07) is 3.83. The van der Waals surface area contributed by atoms with E-state index in [9.17, 15) is 22.8 Å². The molecule has 0 aromatic carbocycles. The van der Waals surface area contributed by atoms with Gasteiger partial charge in [-0.3, -0.25) is 14.0 Å². The highest BCUT2D eigenvalue weighted by Gasteiger charge is 2.34. The number of carbonyl (C=O) groups is 2. The number of nitrogens with two attached hydrogens (primary N) is 2. The topological polar surface area (TPSA) is 128 Å². The SMILES string of the molecule is CC(=O)Nc1nc2ccc(-c3cnc(N)c(C(F)(F)F)c3)cn2c1C(N)=O. The number of hydrogen-bond donors (Lipinski definition) is 3. The van der Waals surface area contributed by atoms with Gasteiger partial charge in [0.1, 0.15) is 11.5 Å². The molecule has 27 heavy (non-hydrogen) atoms. The molecule has 0 unspecified atom stereocenters. The first-order chi connectivity index (χ1) is 12.6. The van der Waals surface area contributed by atoms with Crippen molar-refractivity contribution < 1.29 is 22.8 Å². The molecule has 2 amide bonds. The predicted octanol–water partition coefficient (Wildman–Crippen LogP) is 2.05. The van der Waals surface area contributed by atoms with Crippen molar-refractivity contribution in [1.82, 2.24) is 14.4 Å². The van der Waals surface area contributed by atoms with Gasteiger partial charge in [-0.1, -0.05) is 0 Å². The molecule has 0 aliphatic rings. The van der Waals surface area contributed by atoms with Gasteiger partial charge in [-0.2, -0.15) is 13.2 Å². The van der Waals surface area contributed by atoms with E-state index in [2.05, 4.69) is 15.3 Å². The Labute approximate surface area is 150 Å². The maximum absolute atomic E-state index is 13.1. The van der Waals surface area contributed by atoms with Crippen molar-refractivity contribution >= 4 is 29.1 Å². The van der Waals surface area contributed by atoms with E-state index in [4.69, 9.17) is 11.5 Å². The highest BCUT2D eigenvalue weighted by Crippen LogP contribution is 2.35. The van der Waals surface area contributed by atoms with Crippen LogP contribution in [0.25, 0.3) is 16.8 Å². The van der Waals surface area contributed by atoms with E-state index in [0.29, 0.717) is 5.56 Å². The van der Waals surface area contributed by atoms with Crippen LogP contribution in [0.4, 0.5) is 24.8 Å². The summed E-state index contributed by atoms with van der Waals surface area (Å²) in [5, 5.41) is 2.39. The molecule has 0 saturated carbocycles. The van der Waals surface area contributed by atoms with E-state index in [1.807, 2.05) is 0 Å². The number of nitrogen functional groups attached to an aromatic ring is 1. The molecular formula is C16H13F3N6O2. The number of carbonyl (C=O) groups excluding carboxylic acids is 2. The Balaban J connectivity index is 2.19. The Kier molecular flexibility index (Phi) is 4.22. The van der Waals surface area contributed by atoms with Gasteiger partial charge >= 0.3 is 6.18 Å². The van der Waals surface area contributed by atoms with Crippen LogP contribution in [0.15, 0.2) is 30.6 Å². The highest BCUT2D eigenvalue weighted by atomic mass is 19.4. The molecule has 5 N–H and O–H groups in total. The monoisotopic (exact) mass is 378 g/mol. The number of fused-ring (bicyclic) bond motifs is 1. The third-order valence-electron chi connectivity index (χ3n) is 3.70. The molecular weight excluding hydrogens is 365 g/mol. The molecule has 0 atom stereocenters. The van der Waals surface area contributed by atoms with Crippen LogP contribution in [0, 0.1) is 0 Å². The summed E-state index contributed by atoms with van der Waals surface area (Å²) in [5.41, 5.74) is 10.2. The molecule has 0 saturated heterocycles. The number of amides is 2. The summed E-state index contributed by atoms with van der Waals surface area (Å²) < 4.78 is 40.5. The van der Waals surface area contributed by atoms with Gasteiger partial charge in [0.05, 0.1) is 5.56 Å². The Hall–Kier alpha value is -3.63. The van der Waals surface area contributed by atoms with Crippen molar-refractivity contribution in [1.29, 1.82) is 0 Å². The average Bonchev–Trinajstić information content (AvgIpc) is 2.90. The first-order valence-corrected chi connectivity index (χ1v) is 7.50. The second kappa shape index (κ2) is 6.27. The lowest BCUT2D eigenvalue weighted by molar-refractivity contribution is -0.137. The average molecular weight is 378 g/mol. The molecule has 0 spiro atoms. The van der Waals surface area contributed by atoms with Crippen molar-refractivity contribution in [3.8, 4) is 11.1 Å². The third-order valence-corrected chi connectivity index (χ3v) is 3.70. The zero-order valence-corrected chi connectivity index (χ0v) is 13.8. The number of nitrogens with zero attached hydrogens (tertiary/aromatic N) is 3. The first kappa shape index (κ1) is 18.2. The van der Waals surface area contributed by atoms with Crippen LogP contribution < -0.4 is 16.8 Å². The van der Waals surface area contributed by atoms with Crippen molar-refractivity contribution in [3.63, 3.8) is 0 Å². The molecule has 3 aromatic heterocycles. The van der Waals surface area contributed by atoms with Crippen molar-refractivity contribution in [2.45, 2.75) is 13.1 Å². The molecule has 0 fully saturated rings. The van der Waals surface area contributed by atoms with E-state index in [0.717, 1.165) is 6.07 Å². The summed E-state index contributed by atoms with van der Waals surface area (Å²) in [6.07, 6.45) is -2.11. The summed E-state index contributed by atoms with van der Waals surface area (Å²) in [7, 11) is 0. The zero-order valence-electron chi connectivity index (χ0n) is 13.8. The predicted molar refractivity (Wildman–Crippen MR) is 90.7 cm³/mol. The molecule has 11 heteroatoms. The normalized spacial score (nSPS) is 11.6. The largest absolute Gasteiger partial charge is 0.419 e. The van der Waals surface area contributed by atoms with Gasteiger partial charge < -0.3 is 16.8 Å². The minimum atomic E-state index is -4.66. The summed E-state index contributed by atoms with van der Waals surface area (Å²) in [5.74, 6) is -2.01. The van der Waals surface area contributed by atoms with Crippen LogP contribution >= 0.6 is 0 Å². The first-order valence-electron chi connectivity index (χ1n) is 7.50. The van der Waals surface area contributed by atoms with Gasteiger partial charge in [-0.25, -0.2) is 9.97 Å². The number of hydrogen-bond acceptors (Lipinski definition) is 5. The number of aromatic nitrogens is 3. The molecule has 0 bridgehead atoms. The van der Waals surface area contributed by atoms with Crippen molar-refractivity contribution in [3.05, 3.63) is 41.9 Å².